The van der Waals surface area contributed by atoms with E-state index >= 15 is 0 Å². The van der Waals surface area contributed by atoms with Crippen molar-refractivity contribution in [2.45, 2.75) is 40.0 Å². The summed E-state index contributed by atoms with van der Waals surface area (Å²) in [5.41, 5.74) is -0.00236. The molecular formula is C11H20N2O2S. The van der Waals surface area contributed by atoms with Gasteiger partial charge in [0.2, 0.25) is 5.91 Å². The van der Waals surface area contributed by atoms with E-state index in [0.717, 1.165) is 6.42 Å². The first-order valence-electron chi connectivity index (χ1n) is 5.44. The Hall–Kier alpha value is -0.890. The predicted octanol–water partition coefficient (Wildman–Crippen LogP) is 1.55. The van der Waals surface area contributed by atoms with E-state index in [-0.39, 0.29) is 11.3 Å². The Morgan fingerprint density at radius 1 is 1.44 bits per heavy atom. The van der Waals surface area contributed by atoms with Crippen molar-refractivity contribution in [3.63, 3.8) is 0 Å². The summed E-state index contributed by atoms with van der Waals surface area (Å²) in [7, 11) is -0.744. The molecule has 0 aromatic rings. The van der Waals surface area contributed by atoms with E-state index in [4.69, 9.17) is 5.26 Å². The predicted molar refractivity (Wildman–Crippen MR) is 64.9 cm³/mol. The minimum absolute atomic E-state index is 0.00236. The van der Waals surface area contributed by atoms with Crippen molar-refractivity contribution in [2.24, 2.45) is 5.41 Å². The number of rotatable bonds is 7. The van der Waals surface area contributed by atoms with E-state index in [1.165, 1.54) is 0 Å². The van der Waals surface area contributed by atoms with Crippen molar-refractivity contribution in [2.75, 3.05) is 11.5 Å². The Labute approximate surface area is 99.9 Å². The lowest BCUT2D eigenvalue weighted by molar-refractivity contribution is -0.120. The highest BCUT2D eigenvalue weighted by molar-refractivity contribution is 7.84. The molecule has 0 aromatic carbocycles. The van der Waals surface area contributed by atoms with Gasteiger partial charge in [0, 0.05) is 28.7 Å². The summed E-state index contributed by atoms with van der Waals surface area (Å²) in [6.45, 7) is 6.02. The van der Waals surface area contributed by atoms with Gasteiger partial charge in [0.1, 0.15) is 0 Å². The van der Waals surface area contributed by atoms with E-state index in [2.05, 4.69) is 19.2 Å². The van der Waals surface area contributed by atoms with Crippen LogP contribution in [0.5, 0.6) is 0 Å². The van der Waals surface area contributed by atoms with Gasteiger partial charge < -0.3 is 0 Å². The number of hydrogen-bond donors (Lipinski definition) is 1. The Morgan fingerprint density at radius 3 is 2.56 bits per heavy atom. The zero-order chi connectivity index (χ0) is 12.6. The summed E-state index contributed by atoms with van der Waals surface area (Å²) < 4.78 is 11.3. The van der Waals surface area contributed by atoms with E-state index in [1.807, 2.05) is 6.92 Å². The number of nitriles is 1. The van der Waals surface area contributed by atoms with Crippen LogP contribution in [0.1, 0.15) is 40.0 Å². The molecule has 92 valence electrons. The van der Waals surface area contributed by atoms with E-state index in [9.17, 15) is 9.00 Å². The number of carbonyl (C=O) groups excluding carboxylic acids is 1. The molecule has 1 amide bonds. The zero-order valence-electron chi connectivity index (χ0n) is 10.2. The molecule has 1 unspecified atom stereocenters. The lowest BCUT2D eigenvalue weighted by Crippen LogP contribution is -2.22. The summed E-state index contributed by atoms with van der Waals surface area (Å²) in [4.78, 5) is 11.1. The van der Waals surface area contributed by atoms with Crippen LogP contribution < -0.4 is 5.32 Å². The van der Waals surface area contributed by atoms with Gasteiger partial charge in [-0.3, -0.25) is 14.3 Å². The van der Waals surface area contributed by atoms with Gasteiger partial charge in [-0.05, 0) is 18.3 Å². The smallest absolute Gasteiger partial charge is 0.232 e. The van der Waals surface area contributed by atoms with Gasteiger partial charge in [0.05, 0.1) is 0 Å². The van der Waals surface area contributed by atoms with Crippen LogP contribution in [-0.4, -0.2) is 21.6 Å². The molecule has 1 N–H and O–H groups in total. The number of nitrogens with one attached hydrogen (secondary N) is 1. The fourth-order valence-electron chi connectivity index (χ4n) is 1.24. The maximum absolute atomic E-state index is 11.3. The summed E-state index contributed by atoms with van der Waals surface area (Å²) in [6, 6.07) is 0. The fourth-order valence-corrected chi connectivity index (χ4v) is 2.31. The van der Waals surface area contributed by atoms with Gasteiger partial charge in [0.15, 0.2) is 6.19 Å². The normalized spacial score (nSPS) is 12.9. The van der Waals surface area contributed by atoms with Crippen LogP contribution in [0, 0.1) is 16.9 Å². The third-order valence-corrected chi connectivity index (χ3v) is 3.86. The number of nitrogens with zero attached hydrogens (tertiary/aromatic N) is 1. The molecule has 5 heteroatoms. The molecule has 0 aromatic heterocycles. The quantitative estimate of drug-likeness (QED) is 0.545. The molecule has 0 aliphatic carbocycles. The fraction of sp³-hybridized carbons (Fsp3) is 0.818. The second-order valence-corrected chi connectivity index (χ2v) is 6.37. The molecule has 0 saturated carbocycles. The molecule has 16 heavy (non-hydrogen) atoms. The molecular weight excluding hydrogens is 224 g/mol. The first-order valence-corrected chi connectivity index (χ1v) is 6.93. The minimum atomic E-state index is -0.744. The van der Waals surface area contributed by atoms with Gasteiger partial charge >= 0.3 is 0 Å². The van der Waals surface area contributed by atoms with Crippen molar-refractivity contribution >= 4 is 16.7 Å². The molecule has 0 aliphatic rings. The van der Waals surface area contributed by atoms with Crippen LogP contribution >= 0.6 is 0 Å². The van der Waals surface area contributed by atoms with Gasteiger partial charge in [-0.2, -0.15) is 5.26 Å². The second kappa shape index (κ2) is 7.39. The van der Waals surface area contributed by atoms with Crippen LogP contribution in [-0.2, 0) is 15.6 Å². The molecule has 0 saturated heterocycles. The third kappa shape index (κ3) is 7.41. The molecule has 0 fully saturated rings. The van der Waals surface area contributed by atoms with Gasteiger partial charge in [-0.15, -0.1) is 0 Å². The average Bonchev–Trinajstić information content (AvgIpc) is 2.24. The molecule has 0 bridgehead atoms. The molecule has 0 aliphatic heterocycles. The first-order chi connectivity index (χ1) is 7.41. The minimum Gasteiger partial charge on any atom is -0.274 e. The highest BCUT2D eigenvalue weighted by Gasteiger charge is 2.19. The van der Waals surface area contributed by atoms with Crippen LogP contribution in [0.25, 0.3) is 0 Å². The molecule has 0 radical (unpaired) electrons. The Balaban J connectivity index is 3.91. The van der Waals surface area contributed by atoms with Crippen LogP contribution in [0.15, 0.2) is 0 Å². The maximum Gasteiger partial charge on any atom is 0.232 e. The van der Waals surface area contributed by atoms with E-state index < -0.39 is 10.8 Å². The Morgan fingerprint density at radius 2 is 2.06 bits per heavy atom. The van der Waals surface area contributed by atoms with Crippen molar-refractivity contribution in [1.29, 1.82) is 5.26 Å². The third-order valence-electron chi connectivity index (χ3n) is 2.55. The largest absolute Gasteiger partial charge is 0.274 e. The number of hydrogen-bond acceptors (Lipinski definition) is 3. The number of carbonyl (C=O) groups is 1. The SMILES string of the molecule is CCS(=O)CCC(C)(C)CCC(=O)NC#N. The molecule has 1 atom stereocenters. The Bertz CT molecular complexity index is 295. The van der Waals surface area contributed by atoms with Gasteiger partial charge in [-0.25, -0.2) is 0 Å². The summed E-state index contributed by atoms with van der Waals surface area (Å²) >= 11 is 0. The Kier molecular flexibility index (Phi) is 6.98. The molecule has 4 nitrogen and oxygen atoms in total. The second-order valence-electron chi connectivity index (χ2n) is 4.51. The lowest BCUT2D eigenvalue weighted by Gasteiger charge is -2.23. The highest BCUT2D eigenvalue weighted by Crippen LogP contribution is 2.26. The highest BCUT2D eigenvalue weighted by atomic mass is 32.2. The first kappa shape index (κ1) is 15.1. The standard InChI is InChI=1S/C11H20N2O2S/c1-4-16(15)8-7-11(2,3)6-5-10(14)13-9-12/h4-8H2,1-3H3,(H,13,14). The summed E-state index contributed by atoms with van der Waals surface area (Å²) in [6.07, 6.45) is 3.51. The van der Waals surface area contributed by atoms with Crippen LogP contribution in [0.4, 0.5) is 0 Å². The lowest BCUT2D eigenvalue weighted by atomic mass is 9.85. The van der Waals surface area contributed by atoms with Crippen molar-refractivity contribution in [3.8, 4) is 6.19 Å². The molecule has 0 heterocycles. The number of amides is 1. The monoisotopic (exact) mass is 244 g/mol. The van der Waals surface area contributed by atoms with Crippen LogP contribution in [0.3, 0.4) is 0 Å². The van der Waals surface area contributed by atoms with Crippen molar-refractivity contribution in [1.82, 2.24) is 5.32 Å². The topological polar surface area (TPSA) is 70.0 Å². The van der Waals surface area contributed by atoms with Crippen molar-refractivity contribution in [3.05, 3.63) is 0 Å². The maximum atomic E-state index is 11.3. The summed E-state index contributed by atoms with van der Waals surface area (Å²) in [5.74, 6) is 1.13. The van der Waals surface area contributed by atoms with Crippen LogP contribution in [0.2, 0.25) is 0 Å². The average molecular weight is 244 g/mol. The molecule has 0 rings (SSSR count). The van der Waals surface area contributed by atoms with Gasteiger partial charge in [0.25, 0.3) is 0 Å². The van der Waals surface area contributed by atoms with Crippen molar-refractivity contribution < 1.29 is 9.00 Å². The zero-order valence-corrected chi connectivity index (χ0v) is 11.0. The molecule has 0 spiro atoms. The van der Waals surface area contributed by atoms with Gasteiger partial charge in [-0.1, -0.05) is 20.8 Å². The van der Waals surface area contributed by atoms with E-state index in [1.54, 1.807) is 6.19 Å². The van der Waals surface area contributed by atoms with E-state index in [0.29, 0.717) is 24.3 Å². The summed E-state index contributed by atoms with van der Waals surface area (Å²) in [5, 5.41) is 10.4.